The smallest absolute Gasteiger partial charge is 0.488 e. The number of thioether (sulfide) groups is 2. The van der Waals surface area contributed by atoms with Gasteiger partial charge in [-0.15, -0.1) is 11.8 Å². The standard InChI is InChI=1S/C26H33BN2O4S2/c1-16-18(4-3-5-21(16)27(31)32)19-13-23(35-25(19)34-2)24(30)29-10-8-26(9-11-29)15-33-22-7-6-17(14-28)12-20(22)26/h3-7,12,19,23,25,31-32H,8-11,13-15,28H2,1-2H3. The molecular weight excluding hydrogens is 479 g/mol. The molecule has 4 N–H and O–H groups in total. The molecule has 3 aliphatic rings. The Morgan fingerprint density at radius 3 is 2.74 bits per heavy atom. The summed E-state index contributed by atoms with van der Waals surface area (Å²) in [4.78, 5) is 15.7. The van der Waals surface area contributed by atoms with E-state index in [2.05, 4.69) is 18.4 Å². The summed E-state index contributed by atoms with van der Waals surface area (Å²) in [6.45, 7) is 4.63. The summed E-state index contributed by atoms with van der Waals surface area (Å²) in [5, 5.41) is 19.4. The molecule has 2 aromatic rings. The molecule has 3 unspecified atom stereocenters. The Kier molecular flexibility index (Phi) is 7.16. The second kappa shape index (κ2) is 10.0. The van der Waals surface area contributed by atoms with Gasteiger partial charge in [-0.3, -0.25) is 4.79 Å². The molecule has 35 heavy (non-hydrogen) atoms. The molecule has 186 valence electrons. The molecule has 2 fully saturated rings. The minimum Gasteiger partial charge on any atom is -0.492 e. The van der Waals surface area contributed by atoms with E-state index in [0.29, 0.717) is 18.6 Å². The number of amides is 1. The highest BCUT2D eigenvalue weighted by molar-refractivity contribution is 8.17. The molecule has 3 atom stereocenters. The first-order valence-electron chi connectivity index (χ1n) is 12.3. The Bertz CT molecular complexity index is 1110. The van der Waals surface area contributed by atoms with E-state index in [1.54, 1.807) is 29.6 Å². The van der Waals surface area contributed by atoms with Crippen LogP contribution in [0.2, 0.25) is 0 Å². The number of likely N-dealkylation sites (tertiary alicyclic amines) is 1. The van der Waals surface area contributed by atoms with Gasteiger partial charge in [0.2, 0.25) is 5.91 Å². The summed E-state index contributed by atoms with van der Waals surface area (Å²) in [5.74, 6) is 1.39. The molecule has 0 aromatic heterocycles. The Hall–Kier alpha value is -1.65. The van der Waals surface area contributed by atoms with Crippen LogP contribution < -0.4 is 15.9 Å². The lowest BCUT2D eigenvalue weighted by atomic mass is 9.74. The molecule has 2 aromatic carbocycles. The molecule has 6 nitrogen and oxygen atoms in total. The Balaban J connectivity index is 1.29. The molecule has 0 saturated carbocycles. The number of fused-ring (bicyclic) bond motifs is 2. The fraction of sp³-hybridized carbons (Fsp3) is 0.500. The van der Waals surface area contributed by atoms with Gasteiger partial charge in [0.25, 0.3) is 0 Å². The van der Waals surface area contributed by atoms with E-state index in [4.69, 9.17) is 10.5 Å². The van der Waals surface area contributed by atoms with E-state index in [1.807, 2.05) is 30.0 Å². The minimum absolute atomic E-state index is 0.0207. The van der Waals surface area contributed by atoms with Crippen LogP contribution in [0.1, 0.15) is 47.4 Å². The third-order valence-electron chi connectivity index (χ3n) is 8.09. The largest absolute Gasteiger partial charge is 0.492 e. The zero-order chi connectivity index (χ0) is 24.7. The van der Waals surface area contributed by atoms with Crippen LogP contribution in [0.25, 0.3) is 0 Å². The summed E-state index contributed by atoms with van der Waals surface area (Å²) in [5.41, 5.74) is 10.8. The number of nitrogens with zero attached hydrogens (tertiary/aromatic N) is 1. The van der Waals surface area contributed by atoms with Gasteiger partial charge < -0.3 is 25.4 Å². The van der Waals surface area contributed by atoms with Crippen molar-refractivity contribution < 1.29 is 19.6 Å². The van der Waals surface area contributed by atoms with E-state index in [9.17, 15) is 14.8 Å². The maximum Gasteiger partial charge on any atom is 0.488 e. The maximum atomic E-state index is 13.6. The highest BCUT2D eigenvalue weighted by Crippen LogP contribution is 2.51. The van der Waals surface area contributed by atoms with Gasteiger partial charge in [0, 0.05) is 36.5 Å². The first-order chi connectivity index (χ1) is 16.9. The normalized spacial score (nSPS) is 24.9. The molecule has 9 heteroatoms. The summed E-state index contributed by atoms with van der Waals surface area (Å²) in [6.07, 6.45) is 4.67. The van der Waals surface area contributed by atoms with E-state index in [-0.39, 0.29) is 27.1 Å². The predicted octanol–water partition coefficient (Wildman–Crippen LogP) is 2.36. The molecule has 1 spiro atoms. The van der Waals surface area contributed by atoms with Gasteiger partial charge in [-0.1, -0.05) is 30.3 Å². The highest BCUT2D eigenvalue weighted by Gasteiger charge is 2.46. The van der Waals surface area contributed by atoms with E-state index in [0.717, 1.165) is 54.8 Å². The van der Waals surface area contributed by atoms with Crippen LogP contribution in [0.3, 0.4) is 0 Å². The van der Waals surface area contributed by atoms with Crippen LogP contribution in [-0.4, -0.2) is 63.8 Å². The summed E-state index contributed by atoms with van der Waals surface area (Å²) in [7, 11) is -1.49. The number of carbonyl (C=O) groups is 1. The zero-order valence-electron chi connectivity index (χ0n) is 20.3. The fourth-order valence-corrected chi connectivity index (χ4v) is 8.76. The van der Waals surface area contributed by atoms with Gasteiger partial charge in [0.1, 0.15) is 5.75 Å². The van der Waals surface area contributed by atoms with Crippen molar-refractivity contribution in [3.05, 3.63) is 58.7 Å². The first kappa shape index (κ1) is 25.0. The van der Waals surface area contributed by atoms with Crippen LogP contribution in [0.5, 0.6) is 5.75 Å². The Morgan fingerprint density at radius 1 is 1.29 bits per heavy atom. The topological polar surface area (TPSA) is 96.0 Å². The summed E-state index contributed by atoms with van der Waals surface area (Å²) >= 11 is 3.54. The molecule has 0 radical (unpaired) electrons. The highest BCUT2D eigenvalue weighted by atomic mass is 32.2. The minimum atomic E-state index is -1.49. The average Bonchev–Trinajstić information content (AvgIpc) is 3.46. The van der Waals surface area contributed by atoms with Crippen molar-refractivity contribution in [3.63, 3.8) is 0 Å². The van der Waals surface area contributed by atoms with Gasteiger partial charge >= 0.3 is 7.12 Å². The molecule has 3 heterocycles. The third kappa shape index (κ3) is 4.50. The molecule has 0 bridgehead atoms. The van der Waals surface area contributed by atoms with Crippen LogP contribution in [0, 0.1) is 6.92 Å². The monoisotopic (exact) mass is 512 g/mol. The van der Waals surface area contributed by atoms with E-state index in [1.165, 1.54) is 5.56 Å². The third-order valence-corrected chi connectivity index (χ3v) is 11.1. The van der Waals surface area contributed by atoms with Crippen molar-refractivity contribution in [1.82, 2.24) is 4.90 Å². The lowest BCUT2D eigenvalue weighted by Crippen LogP contribution is -2.48. The van der Waals surface area contributed by atoms with Crippen molar-refractivity contribution >= 4 is 42.0 Å². The second-order valence-electron chi connectivity index (χ2n) is 9.94. The summed E-state index contributed by atoms with van der Waals surface area (Å²) < 4.78 is 6.29. The van der Waals surface area contributed by atoms with E-state index >= 15 is 0 Å². The number of hydrogen-bond acceptors (Lipinski definition) is 7. The number of rotatable bonds is 5. The SMILES string of the molecule is CSC1SC(C(=O)N2CCC3(CC2)COc2ccc(CN)cc23)CC1c1cccc(B(O)O)c1C. The Labute approximate surface area is 216 Å². The van der Waals surface area contributed by atoms with Crippen molar-refractivity contribution in [1.29, 1.82) is 0 Å². The lowest BCUT2D eigenvalue weighted by Gasteiger charge is -2.39. The van der Waals surface area contributed by atoms with Crippen molar-refractivity contribution in [3.8, 4) is 5.75 Å². The van der Waals surface area contributed by atoms with Gasteiger partial charge in [-0.2, -0.15) is 11.8 Å². The number of benzene rings is 2. The molecule has 1 amide bonds. The second-order valence-corrected chi connectivity index (χ2v) is 12.6. The first-order valence-corrected chi connectivity index (χ1v) is 14.5. The average molecular weight is 513 g/mol. The summed E-state index contributed by atoms with van der Waals surface area (Å²) in [6, 6.07) is 12.0. The van der Waals surface area contributed by atoms with Gasteiger partial charge in [-0.05, 0) is 60.7 Å². The zero-order valence-corrected chi connectivity index (χ0v) is 21.9. The van der Waals surface area contributed by atoms with Gasteiger partial charge in [0.15, 0.2) is 0 Å². The fourth-order valence-electron chi connectivity index (χ4n) is 5.97. The molecule has 2 saturated heterocycles. The van der Waals surface area contributed by atoms with Crippen molar-refractivity contribution in [2.75, 3.05) is 26.0 Å². The van der Waals surface area contributed by atoms with Crippen molar-refractivity contribution in [2.45, 2.75) is 53.9 Å². The van der Waals surface area contributed by atoms with Gasteiger partial charge in [-0.25, -0.2) is 0 Å². The molecule has 0 aliphatic carbocycles. The van der Waals surface area contributed by atoms with Crippen LogP contribution in [-0.2, 0) is 16.8 Å². The maximum absolute atomic E-state index is 13.6. The number of nitrogens with two attached hydrogens (primary N) is 1. The quantitative estimate of drug-likeness (QED) is 0.530. The lowest BCUT2D eigenvalue weighted by molar-refractivity contribution is -0.132. The number of carbonyl (C=O) groups excluding carboxylic acids is 1. The van der Waals surface area contributed by atoms with Crippen molar-refractivity contribution in [2.24, 2.45) is 5.73 Å². The number of piperidine rings is 1. The molecule has 5 rings (SSSR count). The molecular formula is C26H33BN2O4S2. The van der Waals surface area contributed by atoms with Crippen LogP contribution >= 0.6 is 23.5 Å². The predicted molar refractivity (Wildman–Crippen MR) is 144 cm³/mol. The molecule has 3 aliphatic heterocycles. The Morgan fingerprint density at radius 2 is 2.06 bits per heavy atom. The number of hydrogen-bond donors (Lipinski definition) is 3. The van der Waals surface area contributed by atoms with Gasteiger partial charge in [0.05, 0.1) is 16.4 Å². The van der Waals surface area contributed by atoms with Crippen LogP contribution in [0.15, 0.2) is 36.4 Å². The van der Waals surface area contributed by atoms with E-state index < -0.39 is 7.12 Å². The number of ether oxygens (including phenoxy) is 1. The van der Waals surface area contributed by atoms with Crippen LogP contribution in [0.4, 0.5) is 0 Å².